The van der Waals surface area contributed by atoms with Gasteiger partial charge in [0.15, 0.2) is 11.5 Å². The number of aryl methyl sites for hydroxylation is 2. The first-order valence-corrected chi connectivity index (χ1v) is 5.81. The van der Waals surface area contributed by atoms with Gasteiger partial charge in [-0.1, -0.05) is 6.07 Å². The smallest absolute Gasteiger partial charge is 0.321 e. The Hall–Kier alpha value is -2.43. The molecule has 0 aliphatic rings. The number of hydrogen-bond donors (Lipinski definition) is 0. The molecule has 0 spiro atoms. The number of benzene rings is 1. The highest BCUT2D eigenvalue weighted by Crippen LogP contribution is 2.34. The second-order valence-electron chi connectivity index (χ2n) is 4.14. The van der Waals surface area contributed by atoms with E-state index in [4.69, 9.17) is 9.47 Å². The molecule has 0 aliphatic heterocycles. The highest BCUT2D eigenvalue weighted by Gasteiger charge is 2.13. The Kier molecular flexibility index (Phi) is 3.75. The molecule has 0 radical (unpaired) electrons. The van der Waals surface area contributed by atoms with E-state index in [0.717, 1.165) is 11.1 Å². The Morgan fingerprint density at radius 1 is 1.16 bits per heavy atom. The van der Waals surface area contributed by atoms with E-state index in [-0.39, 0.29) is 6.01 Å². The predicted octanol–water partition coefficient (Wildman–Crippen LogP) is 2.81. The lowest BCUT2D eigenvalue weighted by molar-refractivity contribution is -0.132. The van der Waals surface area contributed by atoms with Crippen molar-refractivity contribution in [2.75, 3.05) is 0 Å². The molecule has 0 saturated heterocycles. The molecule has 0 amide bonds. The first kappa shape index (κ1) is 13.0. The molecule has 5 heteroatoms. The van der Waals surface area contributed by atoms with Crippen molar-refractivity contribution in [2.45, 2.75) is 20.8 Å². The highest BCUT2D eigenvalue weighted by atomic mass is 16.6. The van der Waals surface area contributed by atoms with Crippen LogP contribution in [0.5, 0.6) is 17.5 Å². The number of rotatable bonds is 3. The van der Waals surface area contributed by atoms with Gasteiger partial charge in [-0.25, -0.2) is 9.97 Å². The monoisotopic (exact) mass is 258 g/mol. The van der Waals surface area contributed by atoms with Crippen LogP contribution in [0.1, 0.15) is 18.1 Å². The summed E-state index contributed by atoms with van der Waals surface area (Å²) in [5, 5.41) is 0. The largest absolute Gasteiger partial charge is 0.423 e. The molecule has 1 aromatic carbocycles. The Balaban J connectivity index is 2.40. The van der Waals surface area contributed by atoms with Gasteiger partial charge in [-0.3, -0.25) is 4.79 Å². The molecule has 0 saturated carbocycles. The minimum atomic E-state index is -0.399. The van der Waals surface area contributed by atoms with Crippen LogP contribution in [0.4, 0.5) is 0 Å². The minimum Gasteiger partial charge on any atom is -0.423 e. The lowest BCUT2D eigenvalue weighted by Gasteiger charge is -2.12. The third kappa shape index (κ3) is 3.28. The first-order valence-electron chi connectivity index (χ1n) is 5.81. The minimum absolute atomic E-state index is 0.211. The van der Waals surface area contributed by atoms with Gasteiger partial charge in [0, 0.05) is 19.3 Å². The zero-order valence-electron chi connectivity index (χ0n) is 11.0. The molecule has 1 aromatic heterocycles. The Morgan fingerprint density at radius 2 is 1.84 bits per heavy atom. The van der Waals surface area contributed by atoms with Crippen LogP contribution in [0.3, 0.4) is 0 Å². The van der Waals surface area contributed by atoms with Crippen LogP contribution in [0.2, 0.25) is 0 Å². The van der Waals surface area contributed by atoms with E-state index in [1.54, 1.807) is 24.5 Å². The number of nitrogens with zero attached hydrogens (tertiary/aromatic N) is 2. The van der Waals surface area contributed by atoms with Gasteiger partial charge in [0.25, 0.3) is 0 Å². The summed E-state index contributed by atoms with van der Waals surface area (Å²) in [4.78, 5) is 19.1. The summed E-state index contributed by atoms with van der Waals surface area (Å²) in [5.41, 5.74) is 1.83. The lowest BCUT2D eigenvalue weighted by atomic mass is 10.1. The molecular weight excluding hydrogens is 244 g/mol. The van der Waals surface area contributed by atoms with Gasteiger partial charge in [-0.05, 0) is 37.1 Å². The molecule has 1 heterocycles. The van der Waals surface area contributed by atoms with Gasteiger partial charge in [-0.15, -0.1) is 0 Å². The normalized spacial score (nSPS) is 10.1. The second kappa shape index (κ2) is 5.48. The maximum absolute atomic E-state index is 11.1. The van der Waals surface area contributed by atoms with E-state index >= 15 is 0 Å². The SMILES string of the molecule is CC(=O)Oc1cc(C)cc(C)c1Oc1ncccn1. The van der Waals surface area contributed by atoms with Crippen molar-refractivity contribution in [3.8, 4) is 17.5 Å². The fourth-order valence-corrected chi connectivity index (χ4v) is 1.71. The molecule has 0 unspecified atom stereocenters. The maximum Gasteiger partial charge on any atom is 0.321 e. The summed E-state index contributed by atoms with van der Waals surface area (Å²) in [6, 6.07) is 5.59. The number of carbonyl (C=O) groups excluding carboxylic acids is 1. The van der Waals surface area contributed by atoms with Crippen molar-refractivity contribution in [1.82, 2.24) is 9.97 Å². The molecule has 0 aliphatic carbocycles. The predicted molar refractivity (Wildman–Crippen MR) is 69.3 cm³/mol. The summed E-state index contributed by atoms with van der Waals surface area (Å²) < 4.78 is 10.8. The zero-order chi connectivity index (χ0) is 13.8. The second-order valence-corrected chi connectivity index (χ2v) is 4.14. The number of aromatic nitrogens is 2. The zero-order valence-corrected chi connectivity index (χ0v) is 11.0. The van der Waals surface area contributed by atoms with Gasteiger partial charge in [0.2, 0.25) is 0 Å². The fourth-order valence-electron chi connectivity index (χ4n) is 1.71. The summed E-state index contributed by atoms with van der Waals surface area (Å²) >= 11 is 0. The van der Waals surface area contributed by atoms with Gasteiger partial charge < -0.3 is 9.47 Å². The number of hydrogen-bond acceptors (Lipinski definition) is 5. The number of carbonyl (C=O) groups is 1. The molecule has 2 rings (SSSR count). The molecule has 98 valence electrons. The van der Waals surface area contributed by atoms with Gasteiger partial charge in [-0.2, -0.15) is 0 Å². The molecule has 19 heavy (non-hydrogen) atoms. The van der Waals surface area contributed by atoms with Crippen molar-refractivity contribution in [1.29, 1.82) is 0 Å². The fraction of sp³-hybridized carbons (Fsp3) is 0.214. The van der Waals surface area contributed by atoms with Crippen molar-refractivity contribution < 1.29 is 14.3 Å². The highest BCUT2D eigenvalue weighted by molar-refractivity contribution is 5.71. The molecule has 0 atom stereocenters. The molecular formula is C14H14N2O3. The van der Waals surface area contributed by atoms with Crippen molar-refractivity contribution >= 4 is 5.97 Å². The van der Waals surface area contributed by atoms with Crippen molar-refractivity contribution in [3.63, 3.8) is 0 Å². The van der Waals surface area contributed by atoms with Crippen LogP contribution in [-0.2, 0) is 4.79 Å². The summed E-state index contributed by atoms with van der Waals surface area (Å²) in [6.07, 6.45) is 3.16. The van der Waals surface area contributed by atoms with Crippen LogP contribution in [0, 0.1) is 13.8 Å². The topological polar surface area (TPSA) is 61.3 Å². The van der Waals surface area contributed by atoms with E-state index in [9.17, 15) is 4.79 Å². The van der Waals surface area contributed by atoms with Crippen molar-refractivity contribution in [3.05, 3.63) is 41.7 Å². The third-order valence-electron chi connectivity index (χ3n) is 2.37. The van der Waals surface area contributed by atoms with Crippen LogP contribution < -0.4 is 9.47 Å². The van der Waals surface area contributed by atoms with Gasteiger partial charge in [0.1, 0.15) is 0 Å². The lowest BCUT2D eigenvalue weighted by Crippen LogP contribution is -2.04. The summed E-state index contributed by atoms with van der Waals surface area (Å²) in [7, 11) is 0. The molecule has 5 nitrogen and oxygen atoms in total. The molecule has 0 N–H and O–H groups in total. The van der Waals surface area contributed by atoms with Crippen LogP contribution in [0.25, 0.3) is 0 Å². The van der Waals surface area contributed by atoms with Crippen LogP contribution in [-0.4, -0.2) is 15.9 Å². The van der Waals surface area contributed by atoms with E-state index in [1.807, 2.05) is 19.9 Å². The van der Waals surface area contributed by atoms with E-state index < -0.39 is 5.97 Å². The Bertz CT molecular complexity index is 597. The molecule has 0 fully saturated rings. The van der Waals surface area contributed by atoms with Gasteiger partial charge in [0.05, 0.1) is 0 Å². The third-order valence-corrected chi connectivity index (χ3v) is 2.37. The standard InChI is InChI=1S/C14H14N2O3/c1-9-7-10(2)13(12(8-9)18-11(3)17)19-14-15-5-4-6-16-14/h4-8H,1-3H3. The average molecular weight is 258 g/mol. The summed E-state index contributed by atoms with van der Waals surface area (Å²) in [6.45, 7) is 5.14. The Labute approximate surface area is 111 Å². The number of esters is 1. The van der Waals surface area contributed by atoms with E-state index in [2.05, 4.69) is 9.97 Å². The van der Waals surface area contributed by atoms with Gasteiger partial charge >= 0.3 is 12.0 Å². The quantitative estimate of drug-likeness (QED) is 0.625. The van der Waals surface area contributed by atoms with E-state index in [0.29, 0.717) is 11.5 Å². The molecule has 0 bridgehead atoms. The average Bonchev–Trinajstić information content (AvgIpc) is 2.34. The van der Waals surface area contributed by atoms with Crippen molar-refractivity contribution in [2.24, 2.45) is 0 Å². The summed E-state index contributed by atoms with van der Waals surface area (Å²) in [5.74, 6) is 0.424. The molecule has 2 aromatic rings. The van der Waals surface area contributed by atoms with Crippen LogP contribution >= 0.6 is 0 Å². The van der Waals surface area contributed by atoms with E-state index in [1.165, 1.54) is 6.92 Å². The van der Waals surface area contributed by atoms with Crippen LogP contribution in [0.15, 0.2) is 30.6 Å². The Morgan fingerprint density at radius 3 is 2.47 bits per heavy atom. The number of ether oxygens (including phenoxy) is 2. The first-order chi connectivity index (χ1) is 9.06. The maximum atomic E-state index is 11.1.